The lowest BCUT2D eigenvalue weighted by molar-refractivity contribution is 0.102. The second kappa shape index (κ2) is 8.35. The Hall–Kier alpha value is -1.99. The molecule has 7 heteroatoms. The Morgan fingerprint density at radius 3 is 2.70 bits per heavy atom. The SMILES string of the molecule is CCSc1ccccc1NC(=O)c1ccc(C)c(N2CCCCS2(=O)=O)c1. The summed E-state index contributed by atoms with van der Waals surface area (Å²) in [4.78, 5) is 13.8. The number of para-hydroxylation sites is 1. The highest BCUT2D eigenvalue weighted by Gasteiger charge is 2.27. The van der Waals surface area contributed by atoms with Crippen LogP contribution in [0.4, 0.5) is 11.4 Å². The van der Waals surface area contributed by atoms with Gasteiger partial charge >= 0.3 is 0 Å². The van der Waals surface area contributed by atoms with Crippen molar-refractivity contribution < 1.29 is 13.2 Å². The fraction of sp³-hybridized carbons (Fsp3) is 0.350. The van der Waals surface area contributed by atoms with Gasteiger partial charge in [-0.25, -0.2) is 8.42 Å². The molecule has 3 rings (SSSR count). The van der Waals surface area contributed by atoms with Crippen molar-refractivity contribution in [3.05, 3.63) is 53.6 Å². The fourth-order valence-electron chi connectivity index (χ4n) is 3.12. The zero-order chi connectivity index (χ0) is 19.4. The van der Waals surface area contributed by atoms with Gasteiger partial charge in [0.15, 0.2) is 0 Å². The van der Waals surface area contributed by atoms with Gasteiger partial charge in [0.1, 0.15) is 0 Å². The van der Waals surface area contributed by atoms with Crippen LogP contribution in [-0.4, -0.2) is 32.4 Å². The molecule has 0 unspecified atom stereocenters. The van der Waals surface area contributed by atoms with Gasteiger partial charge in [0.25, 0.3) is 5.91 Å². The van der Waals surface area contributed by atoms with Crippen molar-refractivity contribution in [2.75, 3.05) is 27.7 Å². The van der Waals surface area contributed by atoms with E-state index < -0.39 is 10.0 Å². The summed E-state index contributed by atoms with van der Waals surface area (Å²) < 4.78 is 26.3. The molecule has 0 aliphatic carbocycles. The summed E-state index contributed by atoms with van der Waals surface area (Å²) >= 11 is 1.66. The van der Waals surface area contributed by atoms with E-state index in [1.165, 1.54) is 4.31 Å². The van der Waals surface area contributed by atoms with Crippen molar-refractivity contribution >= 4 is 39.1 Å². The Bertz CT molecular complexity index is 942. The van der Waals surface area contributed by atoms with E-state index in [0.717, 1.165) is 28.3 Å². The Morgan fingerprint density at radius 2 is 1.96 bits per heavy atom. The standard InChI is InChI=1S/C20H24N2O3S2/c1-3-26-19-9-5-4-8-17(19)21-20(23)16-11-10-15(2)18(14-16)22-12-6-7-13-27(22,24)25/h4-5,8-11,14H,3,6-7,12-13H2,1-2H3,(H,21,23). The normalized spacial score (nSPS) is 16.1. The molecular formula is C20H24N2O3S2. The van der Waals surface area contributed by atoms with E-state index in [4.69, 9.17) is 0 Å². The molecule has 27 heavy (non-hydrogen) atoms. The zero-order valence-corrected chi connectivity index (χ0v) is 17.2. The third kappa shape index (κ3) is 4.47. The lowest BCUT2D eigenvalue weighted by atomic mass is 10.1. The van der Waals surface area contributed by atoms with Gasteiger partial charge in [-0.1, -0.05) is 25.1 Å². The van der Waals surface area contributed by atoms with Gasteiger partial charge in [-0.05, 0) is 55.3 Å². The average molecular weight is 405 g/mol. The lowest BCUT2D eigenvalue weighted by Gasteiger charge is -2.29. The Labute approximate surface area is 165 Å². The fourth-order valence-corrected chi connectivity index (χ4v) is 5.58. The molecule has 5 nitrogen and oxygen atoms in total. The number of nitrogens with one attached hydrogen (secondary N) is 1. The number of benzene rings is 2. The van der Waals surface area contributed by atoms with Crippen molar-refractivity contribution in [3.63, 3.8) is 0 Å². The van der Waals surface area contributed by atoms with Gasteiger partial charge in [-0.15, -0.1) is 11.8 Å². The highest BCUT2D eigenvalue weighted by atomic mass is 32.2. The van der Waals surface area contributed by atoms with E-state index in [1.54, 1.807) is 30.0 Å². The first-order valence-corrected chi connectivity index (χ1v) is 11.7. The molecule has 1 N–H and O–H groups in total. The number of hydrogen-bond donors (Lipinski definition) is 1. The maximum Gasteiger partial charge on any atom is 0.255 e. The van der Waals surface area contributed by atoms with Gasteiger partial charge in [-0.2, -0.15) is 0 Å². The molecule has 1 aliphatic rings. The minimum atomic E-state index is -3.32. The molecule has 0 spiro atoms. The summed E-state index contributed by atoms with van der Waals surface area (Å²) in [6.07, 6.45) is 1.51. The summed E-state index contributed by atoms with van der Waals surface area (Å²) in [5.74, 6) is 0.827. The monoisotopic (exact) mass is 404 g/mol. The van der Waals surface area contributed by atoms with E-state index >= 15 is 0 Å². The second-order valence-corrected chi connectivity index (χ2v) is 9.80. The molecule has 1 fully saturated rings. The maximum absolute atomic E-state index is 12.8. The van der Waals surface area contributed by atoms with Crippen molar-refractivity contribution in [1.29, 1.82) is 0 Å². The quantitative estimate of drug-likeness (QED) is 0.755. The highest BCUT2D eigenvalue weighted by Crippen LogP contribution is 2.30. The zero-order valence-electron chi connectivity index (χ0n) is 15.6. The predicted molar refractivity (Wildman–Crippen MR) is 112 cm³/mol. The molecule has 1 saturated heterocycles. The number of rotatable bonds is 5. The molecule has 1 amide bonds. The van der Waals surface area contributed by atoms with E-state index in [2.05, 4.69) is 12.2 Å². The molecule has 0 saturated carbocycles. The van der Waals surface area contributed by atoms with Crippen LogP contribution in [-0.2, 0) is 10.0 Å². The number of aryl methyl sites for hydroxylation is 1. The number of anilines is 2. The van der Waals surface area contributed by atoms with Crippen LogP contribution in [0.15, 0.2) is 47.4 Å². The Kier molecular flexibility index (Phi) is 6.11. The molecule has 2 aromatic rings. The molecule has 0 radical (unpaired) electrons. The first kappa shape index (κ1) is 19.8. The largest absolute Gasteiger partial charge is 0.321 e. The Morgan fingerprint density at radius 1 is 1.19 bits per heavy atom. The van der Waals surface area contributed by atoms with Crippen LogP contribution in [0.2, 0.25) is 0 Å². The van der Waals surface area contributed by atoms with E-state index in [-0.39, 0.29) is 11.7 Å². The summed E-state index contributed by atoms with van der Waals surface area (Å²) in [5, 5.41) is 2.95. The Balaban J connectivity index is 1.89. The first-order valence-electron chi connectivity index (χ1n) is 9.06. The first-order chi connectivity index (χ1) is 12.9. The number of thioether (sulfide) groups is 1. The number of carbonyl (C=O) groups excluding carboxylic acids is 1. The van der Waals surface area contributed by atoms with E-state index in [0.29, 0.717) is 24.2 Å². The molecule has 144 valence electrons. The molecule has 0 aromatic heterocycles. The van der Waals surface area contributed by atoms with E-state index in [9.17, 15) is 13.2 Å². The van der Waals surface area contributed by atoms with Gasteiger partial charge in [0.2, 0.25) is 10.0 Å². The van der Waals surface area contributed by atoms with Crippen LogP contribution < -0.4 is 9.62 Å². The third-order valence-electron chi connectivity index (χ3n) is 4.52. The molecule has 0 bridgehead atoms. The molecule has 1 heterocycles. The summed E-state index contributed by atoms with van der Waals surface area (Å²) in [7, 11) is -3.32. The smallest absolute Gasteiger partial charge is 0.255 e. The number of sulfonamides is 1. The van der Waals surface area contributed by atoms with Gasteiger partial charge in [0.05, 0.1) is 17.1 Å². The topological polar surface area (TPSA) is 66.5 Å². The van der Waals surface area contributed by atoms with Gasteiger partial charge < -0.3 is 5.32 Å². The second-order valence-electron chi connectivity index (χ2n) is 6.48. The average Bonchev–Trinajstić information content (AvgIpc) is 2.64. The van der Waals surface area contributed by atoms with Gasteiger partial charge in [-0.3, -0.25) is 9.10 Å². The number of nitrogens with zero attached hydrogens (tertiary/aromatic N) is 1. The van der Waals surface area contributed by atoms with Crippen molar-refractivity contribution in [3.8, 4) is 0 Å². The van der Waals surface area contributed by atoms with Crippen LogP contribution in [0, 0.1) is 6.92 Å². The minimum Gasteiger partial charge on any atom is -0.321 e. The lowest BCUT2D eigenvalue weighted by Crippen LogP contribution is -2.38. The predicted octanol–water partition coefficient (Wildman–Crippen LogP) is 4.29. The molecular weight excluding hydrogens is 380 g/mol. The summed E-state index contributed by atoms with van der Waals surface area (Å²) in [6.45, 7) is 4.40. The van der Waals surface area contributed by atoms with Crippen LogP contribution in [0.3, 0.4) is 0 Å². The molecule has 0 atom stereocenters. The molecule has 1 aliphatic heterocycles. The summed E-state index contributed by atoms with van der Waals surface area (Å²) in [5.41, 5.74) is 2.66. The maximum atomic E-state index is 12.8. The van der Waals surface area contributed by atoms with Crippen molar-refractivity contribution in [1.82, 2.24) is 0 Å². The van der Waals surface area contributed by atoms with Crippen LogP contribution >= 0.6 is 11.8 Å². The summed E-state index contributed by atoms with van der Waals surface area (Å²) in [6, 6.07) is 12.9. The highest BCUT2D eigenvalue weighted by molar-refractivity contribution is 7.99. The van der Waals surface area contributed by atoms with Crippen LogP contribution in [0.25, 0.3) is 0 Å². The number of carbonyl (C=O) groups is 1. The van der Waals surface area contributed by atoms with Crippen LogP contribution in [0.5, 0.6) is 0 Å². The number of amides is 1. The van der Waals surface area contributed by atoms with Crippen LogP contribution in [0.1, 0.15) is 35.7 Å². The number of hydrogen-bond acceptors (Lipinski definition) is 4. The molecule has 2 aromatic carbocycles. The third-order valence-corrected chi connectivity index (χ3v) is 7.34. The van der Waals surface area contributed by atoms with Crippen molar-refractivity contribution in [2.24, 2.45) is 0 Å². The van der Waals surface area contributed by atoms with E-state index in [1.807, 2.05) is 31.2 Å². The van der Waals surface area contributed by atoms with Crippen molar-refractivity contribution in [2.45, 2.75) is 31.6 Å². The minimum absolute atomic E-state index is 0.157. The van der Waals surface area contributed by atoms with Gasteiger partial charge in [0, 0.05) is 17.0 Å².